The molecule has 0 aromatic heterocycles. The fraction of sp³-hybridized carbons (Fsp3) is 0.893. The Morgan fingerprint density at radius 1 is 1.03 bits per heavy atom. The number of nitrogens with zero attached hydrogens (tertiary/aromatic N) is 1. The van der Waals surface area contributed by atoms with Gasteiger partial charge in [-0.2, -0.15) is 5.26 Å². The first-order valence-corrected chi connectivity index (χ1v) is 12.9. The summed E-state index contributed by atoms with van der Waals surface area (Å²) in [5.41, 5.74) is 2.65. The standard InChI is InChI=1S/C28H45N/c1-19(2)7-6-8-20(3)24-11-12-25-23-10-9-22-17-21(18-29)13-15-27(22,4)26(23)14-16-28(24,25)5/h9,19-21,23-26H,6-8,10-17H2,1-5H3/t20-,21+,23-,24+,25-,26-,27+,28-/m1/s1. The lowest BCUT2D eigenvalue weighted by molar-refractivity contribution is -0.0515. The summed E-state index contributed by atoms with van der Waals surface area (Å²) in [6, 6.07) is 2.57. The molecule has 162 valence electrons. The molecular weight excluding hydrogens is 350 g/mol. The molecule has 4 aliphatic carbocycles. The highest BCUT2D eigenvalue weighted by atomic mass is 14.6. The van der Waals surface area contributed by atoms with E-state index in [2.05, 4.69) is 46.8 Å². The molecule has 0 aliphatic heterocycles. The molecule has 29 heavy (non-hydrogen) atoms. The van der Waals surface area contributed by atoms with E-state index in [0.29, 0.717) is 10.8 Å². The smallest absolute Gasteiger partial charge is 0.0659 e. The number of hydrogen-bond acceptors (Lipinski definition) is 1. The van der Waals surface area contributed by atoms with Crippen LogP contribution >= 0.6 is 0 Å². The fourth-order valence-corrected chi connectivity index (χ4v) is 8.80. The van der Waals surface area contributed by atoms with Crippen LogP contribution in [0, 0.1) is 63.6 Å². The number of hydrogen-bond donors (Lipinski definition) is 0. The highest BCUT2D eigenvalue weighted by Gasteiger charge is 2.59. The summed E-state index contributed by atoms with van der Waals surface area (Å²) >= 11 is 0. The van der Waals surface area contributed by atoms with Crippen molar-refractivity contribution in [1.82, 2.24) is 0 Å². The Balaban J connectivity index is 1.49. The van der Waals surface area contributed by atoms with Crippen LogP contribution in [0.4, 0.5) is 0 Å². The van der Waals surface area contributed by atoms with Gasteiger partial charge in [-0.1, -0.05) is 65.5 Å². The first-order valence-electron chi connectivity index (χ1n) is 12.9. The molecule has 0 aromatic carbocycles. The molecule has 8 atom stereocenters. The Bertz CT molecular complexity index is 668. The van der Waals surface area contributed by atoms with Gasteiger partial charge in [-0.25, -0.2) is 0 Å². The summed E-state index contributed by atoms with van der Waals surface area (Å²) in [4.78, 5) is 0. The van der Waals surface area contributed by atoms with E-state index < -0.39 is 0 Å². The normalized spacial score (nSPS) is 45.0. The molecule has 0 heterocycles. The molecule has 3 fully saturated rings. The van der Waals surface area contributed by atoms with Gasteiger partial charge in [0, 0.05) is 0 Å². The van der Waals surface area contributed by atoms with Crippen LogP contribution < -0.4 is 0 Å². The SMILES string of the molecule is CC(C)CCC[C@@H](C)[C@@H]1CC[C@@H]2[C@H]3CC=C4C[C@@H](C#N)CC[C@]4(C)[C@@H]3CC[C@@]21C. The number of nitriles is 1. The van der Waals surface area contributed by atoms with Crippen molar-refractivity contribution in [2.75, 3.05) is 0 Å². The minimum Gasteiger partial charge on any atom is -0.198 e. The van der Waals surface area contributed by atoms with Crippen molar-refractivity contribution in [2.24, 2.45) is 52.3 Å². The molecule has 3 saturated carbocycles. The van der Waals surface area contributed by atoms with E-state index in [4.69, 9.17) is 0 Å². The van der Waals surface area contributed by atoms with Crippen molar-refractivity contribution in [1.29, 1.82) is 5.26 Å². The average Bonchev–Trinajstić information content (AvgIpc) is 3.04. The maximum absolute atomic E-state index is 9.45. The number of allylic oxidation sites excluding steroid dienone is 2. The predicted octanol–water partition coefficient (Wildman–Crippen LogP) is 8.17. The molecule has 0 aromatic rings. The summed E-state index contributed by atoms with van der Waals surface area (Å²) in [5.74, 6) is 5.73. The van der Waals surface area contributed by atoms with E-state index in [1.165, 1.54) is 57.8 Å². The molecule has 0 saturated heterocycles. The van der Waals surface area contributed by atoms with Crippen molar-refractivity contribution < 1.29 is 0 Å². The largest absolute Gasteiger partial charge is 0.198 e. The van der Waals surface area contributed by atoms with Crippen molar-refractivity contribution in [3.8, 4) is 6.07 Å². The van der Waals surface area contributed by atoms with Crippen LogP contribution in [-0.2, 0) is 0 Å². The lowest BCUT2D eigenvalue weighted by atomic mass is 9.46. The van der Waals surface area contributed by atoms with Gasteiger partial charge in [-0.3, -0.25) is 0 Å². The van der Waals surface area contributed by atoms with Gasteiger partial charge in [-0.15, -0.1) is 0 Å². The van der Waals surface area contributed by atoms with Crippen LogP contribution in [0.15, 0.2) is 11.6 Å². The van der Waals surface area contributed by atoms with Crippen LogP contribution in [0.1, 0.15) is 105 Å². The van der Waals surface area contributed by atoms with Crippen molar-refractivity contribution >= 4 is 0 Å². The lowest BCUT2D eigenvalue weighted by Gasteiger charge is -2.58. The van der Waals surface area contributed by atoms with E-state index in [-0.39, 0.29) is 5.92 Å². The van der Waals surface area contributed by atoms with Gasteiger partial charge < -0.3 is 0 Å². The van der Waals surface area contributed by atoms with Crippen LogP contribution in [-0.4, -0.2) is 0 Å². The Hall–Kier alpha value is -0.770. The van der Waals surface area contributed by atoms with Crippen LogP contribution in [0.3, 0.4) is 0 Å². The third kappa shape index (κ3) is 3.62. The van der Waals surface area contributed by atoms with E-state index in [1.54, 1.807) is 5.57 Å². The second-order valence-corrected chi connectivity index (χ2v) is 12.4. The second kappa shape index (κ2) is 8.05. The molecule has 4 aliphatic rings. The first-order chi connectivity index (χ1) is 13.8. The Kier molecular flexibility index (Phi) is 5.96. The molecular formula is C28H45N. The average molecular weight is 396 g/mol. The topological polar surface area (TPSA) is 23.8 Å². The predicted molar refractivity (Wildman–Crippen MR) is 122 cm³/mol. The molecule has 1 nitrogen and oxygen atoms in total. The third-order valence-electron chi connectivity index (χ3n) is 10.5. The number of rotatable bonds is 5. The second-order valence-electron chi connectivity index (χ2n) is 12.4. The Morgan fingerprint density at radius 3 is 2.55 bits per heavy atom. The van der Waals surface area contributed by atoms with Gasteiger partial charge in [0.05, 0.1) is 12.0 Å². The van der Waals surface area contributed by atoms with Crippen LogP contribution in [0.2, 0.25) is 0 Å². The molecule has 4 rings (SSSR count). The fourth-order valence-electron chi connectivity index (χ4n) is 8.80. The maximum atomic E-state index is 9.45. The van der Waals surface area contributed by atoms with E-state index in [1.807, 2.05) is 0 Å². The van der Waals surface area contributed by atoms with Gasteiger partial charge in [0.1, 0.15) is 0 Å². The summed E-state index contributed by atoms with van der Waals surface area (Å²) < 4.78 is 0. The third-order valence-corrected chi connectivity index (χ3v) is 10.5. The minimum absolute atomic E-state index is 0.280. The van der Waals surface area contributed by atoms with Gasteiger partial charge in [-0.05, 0) is 97.7 Å². The maximum Gasteiger partial charge on any atom is 0.0659 e. The molecule has 0 radical (unpaired) electrons. The Labute approximate surface area is 180 Å². The highest BCUT2D eigenvalue weighted by Crippen LogP contribution is 2.67. The summed E-state index contributed by atoms with van der Waals surface area (Å²) in [6.45, 7) is 12.6. The summed E-state index contributed by atoms with van der Waals surface area (Å²) in [6.07, 6.45) is 17.5. The van der Waals surface area contributed by atoms with E-state index >= 15 is 0 Å². The van der Waals surface area contributed by atoms with Gasteiger partial charge in [0.2, 0.25) is 0 Å². The van der Waals surface area contributed by atoms with E-state index in [9.17, 15) is 5.26 Å². The molecule has 0 bridgehead atoms. The molecule has 0 spiro atoms. The molecule has 1 heteroatoms. The van der Waals surface area contributed by atoms with Crippen LogP contribution in [0.25, 0.3) is 0 Å². The van der Waals surface area contributed by atoms with Gasteiger partial charge >= 0.3 is 0 Å². The number of fused-ring (bicyclic) bond motifs is 5. The Morgan fingerprint density at radius 2 is 1.83 bits per heavy atom. The summed E-state index contributed by atoms with van der Waals surface area (Å²) in [7, 11) is 0. The lowest BCUT2D eigenvalue weighted by Crippen LogP contribution is -2.50. The highest BCUT2D eigenvalue weighted by molar-refractivity contribution is 5.26. The monoisotopic (exact) mass is 395 g/mol. The van der Waals surface area contributed by atoms with Gasteiger partial charge in [0.15, 0.2) is 0 Å². The zero-order chi connectivity index (χ0) is 20.8. The van der Waals surface area contributed by atoms with Crippen molar-refractivity contribution in [3.63, 3.8) is 0 Å². The molecule has 0 unspecified atom stereocenters. The quantitative estimate of drug-likeness (QED) is 0.431. The zero-order valence-corrected chi connectivity index (χ0v) is 19.8. The molecule has 0 N–H and O–H groups in total. The zero-order valence-electron chi connectivity index (χ0n) is 19.8. The molecule has 0 amide bonds. The summed E-state index contributed by atoms with van der Waals surface area (Å²) in [5, 5.41) is 9.45. The van der Waals surface area contributed by atoms with Crippen LogP contribution in [0.5, 0.6) is 0 Å². The van der Waals surface area contributed by atoms with Crippen molar-refractivity contribution in [2.45, 2.75) is 105 Å². The minimum atomic E-state index is 0.280. The van der Waals surface area contributed by atoms with Crippen molar-refractivity contribution in [3.05, 3.63) is 11.6 Å². The van der Waals surface area contributed by atoms with E-state index in [0.717, 1.165) is 48.3 Å². The first kappa shape index (κ1) is 21.5. The van der Waals surface area contributed by atoms with Gasteiger partial charge in [0.25, 0.3) is 0 Å².